The third kappa shape index (κ3) is 3.48. The Balaban J connectivity index is 1.70. The zero-order chi connectivity index (χ0) is 16.9. The van der Waals surface area contributed by atoms with Gasteiger partial charge in [-0.15, -0.1) is 0 Å². The Hall–Kier alpha value is -2.63. The molecule has 0 N–H and O–H groups in total. The van der Waals surface area contributed by atoms with E-state index in [0.717, 1.165) is 19.0 Å². The maximum absolute atomic E-state index is 13.8. The average Bonchev–Trinajstić information content (AvgIpc) is 2.62. The Morgan fingerprint density at radius 2 is 2.08 bits per heavy atom. The Kier molecular flexibility index (Phi) is 4.93. The fraction of sp³-hybridized carbons (Fsp3) is 0.333. The number of carbonyl (C=O) groups excluding carboxylic acids is 1. The predicted molar refractivity (Wildman–Crippen MR) is 86.7 cm³/mol. The minimum absolute atomic E-state index is 0.0444. The second-order valence-electron chi connectivity index (χ2n) is 5.64. The topological polar surface area (TPSA) is 51.7 Å². The SMILES string of the molecule is COc1ccccc1OC1CCCN(C(=O)c2ccncc2F)C1. The first kappa shape index (κ1) is 16.2. The number of nitrogens with zero attached hydrogens (tertiary/aromatic N) is 2. The monoisotopic (exact) mass is 330 g/mol. The smallest absolute Gasteiger partial charge is 0.257 e. The van der Waals surface area contributed by atoms with Crippen LogP contribution in [0.1, 0.15) is 23.2 Å². The van der Waals surface area contributed by atoms with Crippen LogP contribution < -0.4 is 9.47 Å². The fourth-order valence-corrected chi connectivity index (χ4v) is 2.83. The van der Waals surface area contributed by atoms with Gasteiger partial charge in [0.1, 0.15) is 6.10 Å². The summed E-state index contributed by atoms with van der Waals surface area (Å²) in [5, 5.41) is 0. The van der Waals surface area contributed by atoms with Gasteiger partial charge in [0.05, 0.1) is 25.4 Å². The molecule has 0 saturated carbocycles. The third-order valence-electron chi connectivity index (χ3n) is 4.03. The molecule has 0 bridgehead atoms. The second-order valence-corrected chi connectivity index (χ2v) is 5.64. The van der Waals surface area contributed by atoms with Gasteiger partial charge in [0.15, 0.2) is 17.3 Å². The second kappa shape index (κ2) is 7.29. The third-order valence-corrected chi connectivity index (χ3v) is 4.03. The molecule has 0 spiro atoms. The van der Waals surface area contributed by atoms with Crippen molar-refractivity contribution in [1.82, 2.24) is 9.88 Å². The summed E-state index contributed by atoms with van der Waals surface area (Å²) in [6.45, 7) is 1.00. The number of carbonyl (C=O) groups is 1. The van der Waals surface area contributed by atoms with Crippen LogP contribution in [-0.2, 0) is 0 Å². The number of hydrogen-bond acceptors (Lipinski definition) is 4. The van der Waals surface area contributed by atoms with Crippen LogP contribution in [-0.4, -0.2) is 42.1 Å². The summed E-state index contributed by atoms with van der Waals surface area (Å²) >= 11 is 0. The van der Waals surface area contributed by atoms with E-state index in [1.807, 2.05) is 24.3 Å². The molecule has 5 nitrogen and oxygen atoms in total. The van der Waals surface area contributed by atoms with Crippen LogP contribution >= 0.6 is 0 Å². The van der Waals surface area contributed by atoms with Crippen molar-refractivity contribution >= 4 is 5.91 Å². The molecule has 1 aromatic carbocycles. The largest absolute Gasteiger partial charge is 0.493 e. The van der Waals surface area contributed by atoms with Gasteiger partial charge in [-0.3, -0.25) is 9.78 Å². The molecule has 24 heavy (non-hydrogen) atoms. The van der Waals surface area contributed by atoms with Crippen LogP contribution in [0.4, 0.5) is 4.39 Å². The average molecular weight is 330 g/mol. The van der Waals surface area contributed by atoms with Gasteiger partial charge in [-0.2, -0.15) is 0 Å². The zero-order valence-corrected chi connectivity index (χ0v) is 13.4. The van der Waals surface area contributed by atoms with Crippen LogP contribution in [0.25, 0.3) is 0 Å². The normalized spacial score (nSPS) is 17.4. The first-order valence-electron chi connectivity index (χ1n) is 7.87. The minimum Gasteiger partial charge on any atom is -0.493 e. The Bertz CT molecular complexity index is 723. The van der Waals surface area contributed by atoms with E-state index >= 15 is 0 Å². The van der Waals surface area contributed by atoms with E-state index < -0.39 is 5.82 Å². The summed E-state index contributed by atoms with van der Waals surface area (Å²) in [5.74, 6) is 0.369. The molecule has 1 aromatic heterocycles. The van der Waals surface area contributed by atoms with Crippen molar-refractivity contribution in [2.75, 3.05) is 20.2 Å². The van der Waals surface area contributed by atoms with Gasteiger partial charge in [-0.1, -0.05) is 12.1 Å². The number of pyridine rings is 1. The van der Waals surface area contributed by atoms with Crippen LogP contribution in [0, 0.1) is 5.82 Å². The molecule has 1 saturated heterocycles. The minimum atomic E-state index is -0.602. The molecular weight excluding hydrogens is 311 g/mol. The number of likely N-dealkylation sites (tertiary alicyclic amines) is 1. The lowest BCUT2D eigenvalue weighted by atomic mass is 10.1. The van der Waals surface area contributed by atoms with E-state index in [1.54, 1.807) is 12.0 Å². The van der Waals surface area contributed by atoms with Crippen molar-refractivity contribution in [3.8, 4) is 11.5 Å². The molecule has 126 valence electrons. The highest BCUT2D eigenvalue weighted by Crippen LogP contribution is 2.29. The maximum Gasteiger partial charge on any atom is 0.257 e. The lowest BCUT2D eigenvalue weighted by molar-refractivity contribution is 0.0528. The number of benzene rings is 1. The van der Waals surface area contributed by atoms with Crippen molar-refractivity contribution in [2.45, 2.75) is 18.9 Å². The number of rotatable bonds is 4. The predicted octanol–water partition coefficient (Wildman–Crippen LogP) is 2.91. The number of piperidine rings is 1. The van der Waals surface area contributed by atoms with E-state index in [0.29, 0.717) is 24.6 Å². The Morgan fingerprint density at radius 3 is 2.83 bits per heavy atom. The molecule has 1 aliphatic rings. The molecule has 1 aliphatic heterocycles. The standard InChI is InChI=1S/C18H19FN2O3/c1-23-16-6-2-3-7-17(16)24-13-5-4-10-21(12-13)18(22)14-8-9-20-11-15(14)19/h2-3,6-9,11,13H,4-5,10,12H2,1H3. The number of hydrogen-bond donors (Lipinski definition) is 0. The summed E-state index contributed by atoms with van der Waals surface area (Å²) in [7, 11) is 1.59. The van der Waals surface area contributed by atoms with Gasteiger partial charge < -0.3 is 14.4 Å². The number of ether oxygens (including phenoxy) is 2. The summed E-state index contributed by atoms with van der Waals surface area (Å²) in [6.07, 6.45) is 3.96. The van der Waals surface area contributed by atoms with Gasteiger partial charge in [0, 0.05) is 12.7 Å². The van der Waals surface area contributed by atoms with Crippen molar-refractivity contribution in [1.29, 1.82) is 0 Å². The molecule has 1 atom stereocenters. The molecule has 3 rings (SSSR count). The van der Waals surface area contributed by atoms with Gasteiger partial charge in [0.2, 0.25) is 0 Å². The number of methoxy groups -OCH3 is 1. The first-order chi connectivity index (χ1) is 11.7. The van der Waals surface area contributed by atoms with Gasteiger partial charge in [-0.05, 0) is 31.0 Å². The summed E-state index contributed by atoms with van der Waals surface area (Å²) in [4.78, 5) is 17.8. The molecular formula is C18H19FN2O3. The fourth-order valence-electron chi connectivity index (χ4n) is 2.83. The quantitative estimate of drug-likeness (QED) is 0.865. The molecule has 6 heteroatoms. The van der Waals surface area contributed by atoms with E-state index in [4.69, 9.17) is 9.47 Å². The summed E-state index contributed by atoms with van der Waals surface area (Å²) in [5.41, 5.74) is 0.0444. The highest BCUT2D eigenvalue weighted by molar-refractivity contribution is 5.94. The highest BCUT2D eigenvalue weighted by atomic mass is 19.1. The first-order valence-corrected chi connectivity index (χ1v) is 7.87. The molecule has 1 unspecified atom stereocenters. The maximum atomic E-state index is 13.8. The molecule has 2 heterocycles. The molecule has 1 amide bonds. The van der Waals surface area contributed by atoms with Gasteiger partial charge in [-0.25, -0.2) is 4.39 Å². The van der Waals surface area contributed by atoms with Crippen LogP contribution in [0.15, 0.2) is 42.7 Å². The van der Waals surface area contributed by atoms with Gasteiger partial charge >= 0.3 is 0 Å². The highest BCUT2D eigenvalue weighted by Gasteiger charge is 2.27. The van der Waals surface area contributed by atoms with Crippen molar-refractivity contribution in [3.63, 3.8) is 0 Å². The van der Waals surface area contributed by atoms with Crippen molar-refractivity contribution < 1.29 is 18.7 Å². The van der Waals surface area contributed by atoms with Crippen LogP contribution in [0.5, 0.6) is 11.5 Å². The van der Waals surface area contributed by atoms with E-state index in [2.05, 4.69) is 4.98 Å². The van der Waals surface area contributed by atoms with E-state index in [9.17, 15) is 9.18 Å². The molecule has 1 fully saturated rings. The number of aromatic nitrogens is 1. The Morgan fingerprint density at radius 1 is 1.29 bits per heavy atom. The van der Waals surface area contributed by atoms with Gasteiger partial charge in [0.25, 0.3) is 5.91 Å². The van der Waals surface area contributed by atoms with Crippen LogP contribution in [0.2, 0.25) is 0 Å². The van der Waals surface area contributed by atoms with E-state index in [1.165, 1.54) is 12.3 Å². The molecule has 2 aromatic rings. The van der Waals surface area contributed by atoms with Crippen molar-refractivity contribution in [2.24, 2.45) is 0 Å². The number of halogens is 1. The number of para-hydroxylation sites is 2. The molecule has 0 aliphatic carbocycles. The molecule has 0 radical (unpaired) electrons. The Labute approximate surface area is 140 Å². The van der Waals surface area contributed by atoms with E-state index in [-0.39, 0.29) is 17.6 Å². The van der Waals surface area contributed by atoms with Crippen LogP contribution in [0.3, 0.4) is 0 Å². The van der Waals surface area contributed by atoms with Crippen molar-refractivity contribution in [3.05, 3.63) is 54.1 Å². The lowest BCUT2D eigenvalue weighted by Crippen LogP contribution is -2.44. The summed E-state index contributed by atoms with van der Waals surface area (Å²) in [6, 6.07) is 8.81. The number of amides is 1. The lowest BCUT2D eigenvalue weighted by Gasteiger charge is -2.33. The zero-order valence-electron chi connectivity index (χ0n) is 13.4. The summed E-state index contributed by atoms with van der Waals surface area (Å²) < 4.78 is 25.1.